The molecule has 4 heteroatoms. The van der Waals surface area contributed by atoms with Crippen molar-refractivity contribution in [2.24, 2.45) is 5.92 Å². The molecular weight excluding hydrogens is 276 g/mol. The molecular formula is C18H28N2O2. The van der Waals surface area contributed by atoms with Gasteiger partial charge in [-0.15, -0.1) is 0 Å². The van der Waals surface area contributed by atoms with Gasteiger partial charge >= 0.3 is 0 Å². The van der Waals surface area contributed by atoms with Gasteiger partial charge in [0.15, 0.2) is 0 Å². The molecule has 1 fully saturated rings. The summed E-state index contributed by atoms with van der Waals surface area (Å²) in [5.74, 6) is -0.000161. The zero-order valence-electron chi connectivity index (χ0n) is 13.9. The van der Waals surface area contributed by atoms with E-state index < -0.39 is 6.10 Å². The van der Waals surface area contributed by atoms with E-state index in [9.17, 15) is 9.90 Å². The minimum absolute atomic E-state index is 0.0468. The third kappa shape index (κ3) is 4.47. The highest BCUT2D eigenvalue weighted by Crippen LogP contribution is 2.24. The highest BCUT2D eigenvalue weighted by Gasteiger charge is 2.18. The van der Waals surface area contributed by atoms with E-state index >= 15 is 0 Å². The van der Waals surface area contributed by atoms with Crippen LogP contribution in [-0.2, 0) is 4.79 Å². The van der Waals surface area contributed by atoms with Crippen molar-refractivity contribution >= 4 is 11.6 Å². The number of carbonyl (C=O) groups excluding carboxylic acids is 1. The van der Waals surface area contributed by atoms with E-state index in [-0.39, 0.29) is 24.3 Å². The Morgan fingerprint density at radius 3 is 2.59 bits per heavy atom. The fraction of sp³-hybridized carbons (Fsp3) is 0.611. The molecule has 2 unspecified atom stereocenters. The molecule has 0 radical (unpaired) electrons. The van der Waals surface area contributed by atoms with Gasteiger partial charge < -0.3 is 15.3 Å². The van der Waals surface area contributed by atoms with E-state index in [2.05, 4.69) is 28.4 Å². The van der Waals surface area contributed by atoms with Gasteiger partial charge in [-0.1, -0.05) is 26.0 Å². The molecule has 0 aliphatic carbocycles. The first-order valence-corrected chi connectivity index (χ1v) is 8.29. The van der Waals surface area contributed by atoms with Crippen molar-refractivity contribution in [3.8, 4) is 0 Å². The first-order chi connectivity index (χ1) is 10.5. The summed E-state index contributed by atoms with van der Waals surface area (Å²) in [6, 6.07) is 8.34. The summed E-state index contributed by atoms with van der Waals surface area (Å²) in [7, 11) is 0. The molecule has 0 saturated carbocycles. The van der Waals surface area contributed by atoms with Crippen LogP contribution in [0.5, 0.6) is 0 Å². The third-order valence-corrected chi connectivity index (χ3v) is 4.38. The van der Waals surface area contributed by atoms with Crippen molar-refractivity contribution < 1.29 is 9.90 Å². The van der Waals surface area contributed by atoms with Crippen molar-refractivity contribution in [1.29, 1.82) is 0 Å². The van der Waals surface area contributed by atoms with Crippen LogP contribution in [0.4, 0.5) is 5.69 Å². The predicted molar refractivity (Wildman–Crippen MR) is 89.9 cm³/mol. The van der Waals surface area contributed by atoms with Gasteiger partial charge in [0.2, 0.25) is 5.91 Å². The Balaban J connectivity index is 1.95. The summed E-state index contributed by atoms with van der Waals surface area (Å²) >= 11 is 0. The number of aliphatic hydroxyl groups excluding tert-OH is 1. The second kappa shape index (κ2) is 7.63. The normalized spacial score (nSPS) is 17.6. The summed E-state index contributed by atoms with van der Waals surface area (Å²) in [5.41, 5.74) is 2.34. The summed E-state index contributed by atoms with van der Waals surface area (Å²) in [6.07, 6.45) is 2.09. The topological polar surface area (TPSA) is 52.6 Å². The number of amides is 1. The van der Waals surface area contributed by atoms with E-state index in [0.29, 0.717) is 0 Å². The van der Waals surface area contributed by atoms with Gasteiger partial charge in [-0.25, -0.2) is 0 Å². The SMILES string of the molecule is CC(NC(=O)CC(O)C(C)C)c1cccc(N2CCCC2)c1. The molecule has 1 aliphatic heterocycles. The Hall–Kier alpha value is -1.55. The molecule has 4 nitrogen and oxygen atoms in total. The van der Waals surface area contributed by atoms with E-state index in [1.165, 1.54) is 18.5 Å². The second-order valence-electron chi connectivity index (χ2n) is 6.59. The maximum atomic E-state index is 12.0. The van der Waals surface area contributed by atoms with Crippen LogP contribution < -0.4 is 10.2 Å². The molecule has 0 spiro atoms. The van der Waals surface area contributed by atoms with Crippen LogP contribution in [0.25, 0.3) is 0 Å². The van der Waals surface area contributed by atoms with Crippen molar-refractivity contribution in [2.45, 2.75) is 52.2 Å². The summed E-state index contributed by atoms with van der Waals surface area (Å²) < 4.78 is 0. The molecule has 1 aromatic carbocycles. The first-order valence-electron chi connectivity index (χ1n) is 8.29. The largest absolute Gasteiger partial charge is 0.392 e. The van der Waals surface area contributed by atoms with Crippen LogP contribution in [0, 0.1) is 5.92 Å². The first kappa shape index (κ1) is 16.8. The standard InChI is InChI=1S/C18H28N2O2/c1-13(2)17(21)12-18(22)19-14(3)15-7-6-8-16(11-15)20-9-4-5-10-20/h6-8,11,13-14,17,21H,4-5,9-10,12H2,1-3H3,(H,19,22). The average molecular weight is 304 g/mol. The second-order valence-corrected chi connectivity index (χ2v) is 6.59. The number of hydrogen-bond acceptors (Lipinski definition) is 3. The number of hydrogen-bond donors (Lipinski definition) is 2. The zero-order valence-corrected chi connectivity index (χ0v) is 13.9. The molecule has 1 aliphatic rings. The lowest BCUT2D eigenvalue weighted by Crippen LogP contribution is -2.31. The zero-order chi connectivity index (χ0) is 16.1. The number of nitrogens with one attached hydrogen (secondary N) is 1. The van der Waals surface area contributed by atoms with Crippen LogP contribution in [0.15, 0.2) is 24.3 Å². The summed E-state index contributed by atoms with van der Waals surface area (Å²) in [4.78, 5) is 14.4. The molecule has 2 atom stereocenters. The van der Waals surface area contributed by atoms with Crippen molar-refractivity contribution in [3.05, 3.63) is 29.8 Å². The number of rotatable bonds is 6. The van der Waals surface area contributed by atoms with Crippen LogP contribution >= 0.6 is 0 Å². The van der Waals surface area contributed by atoms with Gasteiger partial charge in [-0.3, -0.25) is 4.79 Å². The number of nitrogens with zero attached hydrogens (tertiary/aromatic N) is 1. The Morgan fingerprint density at radius 2 is 1.95 bits per heavy atom. The minimum Gasteiger partial charge on any atom is -0.392 e. The van der Waals surface area contributed by atoms with Crippen LogP contribution in [0.3, 0.4) is 0 Å². The van der Waals surface area contributed by atoms with Gasteiger partial charge in [-0.2, -0.15) is 0 Å². The van der Waals surface area contributed by atoms with E-state index in [4.69, 9.17) is 0 Å². The highest BCUT2D eigenvalue weighted by molar-refractivity contribution is 5.77. The quantitative estimate of drug-likeness (QED) is 0.849. The number of aliphatic hydroxyl groups is 1. The van der Waals surface area contributed by atoms with Gasteiger partial charge in [0.05, 0.1) is 18.6 Å². The lowest BCUT2D eigenvalue weighted by molar-refractivity contribution is -0.124. The summed E-state index contributed by atoms with van der Waals surface area (Å²) in [6.45, 7) is 8.06. The fourth-order valence-corrected chi connectivity index (χ4v) is 2.78. The fourth-order valence-electron chi connectivity index (χ4n) is 2.78. The molecule has 2 N–H and O–H groups in total. The lowest BCUT2D eigenvalue weighted by atomic mass is 10.0. The predicted octanol–water partition coefficient (Wildman–Crippen LogP) is 2.87. The highest BCUT2D eigenvalue weighted by atomic mass is 16.3. The molecule has 122 valence electrons. The molecule has 1 heterocycles. The average Bonchev–Trinajstić information content (AvgIpc) is 3.01. The van der Waals surface area contributed by atoms with Crippen LogP contribution in [0.1, 0.15) is 51.6 Å². The lowest BCUT2D eigenvalue weighted by Gasteiger charge is -2.21. The molecule has 2 rings (SSSR count). The van der Waals surface area contributed by atoms with Gasteiger partial charge in [0.25, 0.3) is 0 Å². The van der Waals surface area contributed by atoms with Crippen molar-refractivity contribution in [3.63, 3.8) is 0 Å². The Bertz CT molecular complexity index is 496. The number of carbonyl (C=O) groups is 1. The maximum absolute atomic E-state index is 12.0. The molecule has 0 bridgehead atoms. The molecule has 0 aromatic heterocycles. The molecule has 1 saturated heterocycles. The molecule has 1 amide bonds. The van der Waals surface area contributed by atoms with Gasteiger partial charge in [0, 0.05) is 18.8 Å². The Kier molecular flexibility index (Phi) is 5.83. The number of benzene rings is 1. The smallest absolute Gasteiger partial charge is 0.223 e. The van der Waals surface area contributed by atoms with Gasteiger partial charge in [0.1, 0.15) is 0 Å². The monoisotopic (exact) mass is 304 g/mol. The Morgan fingerprint density at radius 1 is 1.27 bits per heavy atom. The summed E-state index contributed by atoms with van der Waals surface area (Å²) in [5, 5.41) is 12.8. The Labute approximate surface area is 133 Å². The van der Waals surface area contributed by atoms with Crippen molar-refractivity contribution in [2.75, 3.05) is 18.0 Å². The van der Waals surface area contributed by atoms with Crippen molar-refractivity contribution in [1.82, 2.24) is 5.32 Å². The van der Waals surface area contributed by atoms with Gasteiger partial charge in [-0.05, 0) is 43.4 Å². The minimum atomic E-state index is -0.580. The van der Waals surface area contributed by atoms with Crippen LogP contribution in [0.2, 0.25) is 0 Å². The number of anilines is 1. The molecule has 22 heavy (non-hydrogen) atoms. The third-order valence-electron chi connectivity index (χ3n) is 4.38. The van der Waals surface area contributed by atoms with E-state index in [0.717, 1.165) is 18.7 Å². The maximum Gasteiger partial charge on any atom is 0.223 e. The van der Waals surface area contributed by atoms with Crippen LogP contribution in [-0.4, -0.2) is 30.2 Å². The van der Waals surface area contributed by atoms with E-state index in [1.54, 1.807) is 0 Å². The molecule has 1 aromatic rings. The van der Waals surface area contributed by atoms with E-state index in [1.807, 2.05) is 26.8 Å².